The van der Waals surface area contributed by atoms with Crippen molar-refractivity contribution in [3.05, 3.63) is 23.2 Å². The number of benzene rings is 1. The van der Waals surface area contributed by atoms with Gasteiger partial charge in [-0.1, -0.05) is 11.6 Å². The molecule has 3 rings (SSSR count). The van der Waals surface area contributed by atoms with Crippen molar-refractivity contribution >= 4 is 17.3 Å². The highest BCUT2D eigenvalue weighted by Crippen LogP contribution is 2.56. The van der Waals surface area contributed by atoms with Crippen molar-refractivity contribution in [2.75, 3.05) is 5.73 Å². The predicted octanol–water partition coefficient (Wildman–Crippen LogP) is 2.63. The zero-order valence-electron chi connectivity index (χ0n) is 10.0. The molecule has 1 fully saturated rings. The Bertz CT molecular complexity index is 662. The molecule has 0 unspecified atom stereocenters. The summed E-state index contributed by atoms with van der Waals surface area (Å²) in [7, 11) is 0. The first-order valence-electron chi connectivity index (χ1n) is 5.76. The molecular formula is C11H9ClF3N5. The second-order valence-corrected chi connectivity index (χ2v) is 5.09. The smallest absolute Gasteiger partial charge is 0.399 e. The molecular weight excluding hydrogens is 295 g/mol. The second-order valence-electron chi connectivity index (χ2n) is 4.68. The van der Waals surface area contributed by atoms with Gasteiger partial charge in [-0.3, -0.25) is 0 Å². The van der Waals surface area contributed by atoms with Gasteiger partial charge >= 0.3 is 6.18 Å². The third-order valence-corrected chi connectivity index (χ3v) is 3.69. The monoisotopic (exact) mass is 303 g/mol. The highest BCUT2D eigenvalue weighted by atomic mass is 35.5. The van der Waals surface area contributed by atoms with Gasteiger partial charge in [-0.25, -0.2) is 4.68 Å². The van der Waals surface area contributed by atoms with Crippen LogP contribution in [0.3, 0.4) is 0 Å². The largest absolute Gasteiger partial charge is 0.413 e. The lowest BCUT2D eigenvalue weighted by Gasteiger charge is -2.20. The van der Waals surface area contributed by atoms with Gasteiger partial charge in [-0.15, -0.1) is 5.10 Å². The van der Waals surface area contributed by atoms with Crippen LogP contribution in [0.15, 0.2) is 18.2 Å². The molecule has 1 aliphatic carbocycles. The number of nitrogens with zero attached hydrogens (tertiary/aromatic N) is 4. The van der Waals surface area contributed by atoms with Crippen LogP contribution in [0.25, 0.3) is 11.4 Å². The van der Waals surface area contributed by atoms with Crippen LogP contribution >= 0.6 is 11.6 Å². The van der Waals surface area contributed by atoms with Crippen molar-refractivity contribution < 1.29 is 13.2 Å². The highest BCUT2D eigenvalue weighted by Gasteiger charge is 2.66. The molecule has 0 amide bonds. The number of nitrogens with two attached hydrogens (primary N) is 1. The van der Waals surface area contributed by atoms with Crippen molar-refractivity contribution in [3.63, 3.8) is 0 Å². The number of halogens is 4. The van der Waals surface area contributed by atoms with Crippen molar-refractivity contribution in [1.82, 2.24) is 20.2 Å². The first-order valence-corrected chi connectivity index (χ1v) is 6.14. The zero-order chi connectivity index (χ0) is 14.5. The SMILES string of the molecule is Nc1ccc(Cl)c(-c2nnnn2C2(C(F)(F)F)CC2)c1. The molecule has 2 N–H and O–H groups in total. The van der Waals surface area contributed by atoms with Gasteiger partial charge in [0, 0.05) is 11.3 Å². The van der Waals surface area contributed by atoms with Gasteiger partial charge in [0.1, 0.15) is 0 Å². The van der Waals surface area contributed by atoms with Gasteiger partial charge in [0.25, 0.3) is 0 Å². The number of hydrogen-bond acceptors (Lipinski definition) is 4. The Morgan fingerprint density at radius 1 is 1.30 bits per heavy atom. The van der Waals surface area contributed by atoms with Crippen LogP contribution in [0, 0.1) is 0 Å². The van der Waals surface area contributed by atoms with E-state index < -0.39 is 11.7 Å². The first-order chi connectivity index (χ1) is 9.35. The molecule has 1 heterocycles. The van der Waals surface area contributed by atoms with Crippen molar-refractivity contribution in [3.8, 4) is 11.4 Å². The normalized spacial score (nSPS) is 17.2. The van der Waals surface area contributed by atoms with E-state index in [9.17, 15) is 13.2 Å². The molecule has 1 aromatic heterocycles. The summed E-state index contributed by atoms with van der Waals surface area (Å²) in [4.78, 5) is 0. The fourth-order valence-corrected chi connectivity index (χ4v) is 2.29. The molecule has 0 saturated heterocycles. The molecule has 2 aromatic rings. The van der Waals surface area contributed by atoms with E-state index in [0.29, 0.717) is 5.69 Å². The molecule has 1 saturated carbocycles. The second kappa shape index (κ2) is 4.08. The molecule has 0 atom stereocenters. The lowest BCUT2D eigenvalue weighted by molar-refractivity contribution is -0.182. The van der Waals surface area contributed by atoms with E-state index in [2.05, 4.69) is 15.5 Å². The standard InChI is InChI=1S/C11H9ClF3N5/c12-8-2-1-6(16)5-7(8)9-17-18-19-20(9)10(3-4-10)11(13,14)15/h1-2,5H,3-4,16H2. The Balaban J connectivity index is 2.15. The average Bonchev–Trinajstić information content (AvgIpc) is 3.05. The van der Waals surface area contributed by atoms with Crippen molar-refractivity contribution in [1.29, 1.82) is 0 Å². The predicted molar refractivity (Wildman–Crippen MR) is 65.9 cm³/mol. The van der Waals surface area contributed by atoms with Gasteiger partial charge in [0.2, 0.25) is 0 Å². The maximum absolute atomic E-state index is 13.2. The number of tetrazole rings is 1. The van der Waals surface area contributed by atoms with E-state index in [-0.39, 0.29) is 29.3 Å². The fraction of sp³-hybridized carbons (Fsp3) is 0.364. The summed E-state index contributed by atoms with van der Waals surface area (Å²) in [5, 5.41) is 10.8. The number of alkyl halides is 3. The van der Waals surface area contributed by atoms with E-state index in [0.717, 1.165) is 4.68 Å². The van der Waals surface area contributed by atoms with Crippen molar-refractivity contribution in [2.45, 2.75) is 24.6 Å². The summed E-state index contributed by atoms with van der Waals surface area (Å²) < 4.78 is 40.3. The minimum absolute atomic E-state index is 0.0304. The summed E-state index contributed by atoms with van der Waals surface area (Å²) in [6.45, 7) is 0. The van der Waals surface area contributed by atoms with Crippen LogP contribution in [-0.2, 0) is 5.54 Å². The highest BCUT2D eigenvalue weighted by molar-refractivity contribution is 6.33. The lowest BCUT2D eigenvalue weighted by atomic mass is 10.1. The molecule has 106 valence electrons. The summed E-state index contributed by atoms with van der Waals surface area (Å²) >= 11 is 6.00. The van der Waals surface area contributed by atoms with E-state index in [4.69, 9.17) is 17.3 Å². The molecule has 0 spiro atoms. The number of nitrogen functional groups attached to an aromatic ring is 1. The Hall–Kier alpha value is -1.83. The van der Waals surface area contributed by atoms with Gasteiger partial charge in [0.15, 0.2) is 11.4 Å². The zero-order valence-corrected chi connectivity index (χ0v) is 10.8. The first kappa shape index (κ1) is 13.2. The van der Waals surface area contributed by atoms with Gasteiger partial charge in [0.05, 0.1) is 5.02 Å². The minimum Gasteiger partial charge on any atom is -0.399 e. The third-order valence-electron chi connectivity index (χ3n) is 3.36. The Kier molecular flexibility index (Phi) is 2.69. The molecule has 0 radical (unpaired) electrons. The van der Waals surface area contributed by atoms with E-state index in [1.54, 1.807) is 6.07 Å². The molecule has 1 aliphatic rings. The lowest BCUT2D eigenvalue weighted by Crippen LogP contribution is -2.36. The molecule has 1 aromatic carbocycles. The summed E-state index contributed by atoms with van der Waals surface area (Å²) in [5.41, 5.74) is 4.26. The van der Waals surface area contributed by atoms with E-state index >= 15 is 0 Å². The maximum Gasteiger partial charge on any atom is 0.413 e. The number of hydrogen-bond donors (Lipinski definition) is 1. The van der Waals surface area contributed by atoms with E-state index in [1.165, 1.54) is 12.1 Å². The molecule has 20 heavy (non-hydrogen) atoms. The van der Waals surface area contributed by atoms with Gasteiger partial charge < -0.3 is 5.73 Å². The number of aromatic nitrogens is 4. The molecule has 0 bridgehead atoms. The summed E-state index contributed by atoms with van der Waals surface area (Å²) in [5.74, 6) is -0.0304. The fourth-order valence-electron chi connectivity index (χ4n) is 2.09. The number of anilines is 1. The van der Waals surface area contributed by atoms with Crippen LogP contribution in [0.1, 0.15) is 12.8 Å². The molecule has 0 aliphatic heterocycles. The van der Waals surface area contributed by atoms with Gasteiger partial charge in [-0.2, -0.15) is 13.2 Å². The number of rotatable bonds is 2. The Morgan fingerprint density at radius 2 is 2.00 bits per heavy atom. The van der Waals surface area contributed by atoms with Crippen LogP contribution in [0.2, 0.25) is 5.02 Å². The third kappa shape index (κ3) is 1.82. The quantitative estimate of drug-likeness (QED) is 0.866. The summed E-state index contributed by atoms with van der Waals surface area (Å²) in [6, 6.07) is 4.51. The minimum atomic E-state index is -4.41. The summed E-state index contributed by atoms with van der Waals surface area (Å²) in [6.07, 6.45) is -4.51. The Morgan fingerprint density at radius 3 is 2.60 bits per heavy atom. The average molecular weight is 304 g/mol. The topological polar surface area (TPSA) is 69.6 Å². The maximum atomic E-state index is 13.2. The molecule has 9 heteroatoms. The van der Waals surface area contributed by atoms with Crippen molar-refractivity contribution in [2.24, 2.45) is 0 Å². The molecule has 5 nitrogen and oxygen atoms in total. The van der Waals surface area contributed by atoms with Crippen LogP contribution in [0.4, 0.5) is 18.9 Å². The Labute approximate surface area is 116 Å². The van der Waals surface area contributed by atoms with E-state index in [1.807, 2.05) is 0 Å². The van der Waals surface area contributed by atoms with Crippen LogP contribution in [0.5, 0.6) is 0 Å². The van der Waals surface area contributed by atoms with Gasteiger partial charge in [-0.05, 0) is 41.5 Å². The van der Waals surface area contributed by atoms with Crippen LogP contribution < -0.4 is 5.73 Å². The van der Waals surface area contributed by atoms with Crippen LogP contribution in [-0.4, -0.2) is 26.4 Å².